The van der Waals surface area contributed by atoms with Gasteiger partial charge in [-0.3, -0.25) is 14.4 Å². The number of carbonyl (C=O) groups is 3. The number of benzene rings is 1. The lowest BCUT2D eigenvalue weighted by atomic mass is 9.89. The van der Waals surface area contributed by atoms with E-state index in [-0.39, 0.29) is 17.5 Å². The number of carbonyl (C=O) groups excluding carboxylic acids is 3. The predicted molar refractivity (Wildman–Crippen MR) is 68.5 cm³/mol. The first kappa shape index (κ1) is 11.5. The number of Topliss-reactive ketones (excluding diaryl/α,β-unsaturated/α-hetero) is 1. The van der Waals surface area contributed by atoms with Gasteiger partial charge in [-0.25, -0.2) is 4.68 Å². The average Bonchev–Trinajstić information content (AvgIpc) is 2.77. The Morgan fingerprint density at radius 2 is 1.95 bits per heavy atom. The van der Waals surface area contributed by atoms with Crippen LogP contribution in [0.25, 0.3) is 10.9 Å². The second-order valence-corrected chi connectivity index (χ2v) is 4.55. The molecule has 0 N–H and O–H groups in total. The Morgan fingerprint density at radius 3 is 2.63 bits per heavy atom. The highest BCUT2D eigenvalue weighted by Crippen LogP contribution is 2.26. The molecule has 1 aliphatic rings. The van der Waals surface area contributed by atoms with E-state index in [0.29, 0.717) is 27.6 Å². The molecule has 2 aromatic rings. The molecule has 0 bridgehead atoms. The van der Waals surface area contributed by atoms with Gasteiger partial charge in [-0.2, -0.15) is 5.10 Å². The quantitative estimate of drug-likeness (QED) is 0.721. The van der Waals surface area contributed by atoms with E-state index in [1.165, 1.54) is 23.9 Å². The molecule has 0 saturated heterocycles. The molecule has 3 rings (SSSR count). The van der Waals surface area contributed by atoms with Gasteiger partial charge in [-0.1, -0.05) is 0 Å². The van der Waals surface area contributed by atoms with Gasteiger partial charge in [0.2, 0.25) is 5.91 Å². The maximum atomic E-state index is 12.0. The largest absolute Gasteiger partial charge is 0.289 e. The fraction of sp³-hybridized carbons (Fsp3) is 0.143. The summed E-state index contributed by atoms with van der Waals surface area (Å²) in [5.41, 5.74) is 1.67. The lowest BCUT2D eigenvalue weighted by molar-refractivity contribution is 0.0925. The number of allylic oxidation sites excluding steroid dienone is 2. The lowest BCUT2D eigenvalue weighted by Crippen LogP contribution is -2.16. The third-order valence-corrected chi connectivity index (χ3v) is 3.22. The smallest absolute Gasteiger partial charge is 0.244 e. The molecule has 0 saturated carbocycles. The van der Waals surface area contributed by atoms with E-state index in [9.17, 15) is 14.4 Å². The number of hydrogen-bond acceptors (Lipinski definition) is 4. The molecule has 0 aliphatic heterocycles. The molecule has 19 heavy (non-hydrogen) atoms. The van der Waals surface area contributed by atoms with Crippen LogP contribution in [0.2, 0.25) is 0 Å². The van der Waals surface area contributed by atoms with E-state index < -0.39 is 0 Å². The van der Waals surface area contributed by atoms with Crippen molar-refractivity contribution in [3.8, 4) is 0 Å². The van der Waals surface area contributed by atoms with Crippen LogP contribution in [0.5, 0.6) is 0 Å². The van der Waals surface area contributed by atoms with E-state index >= 15 is 0 Å². The zero-order valence-corrected chi connectivity index (χ0v) is 10.4. The van der Waals surface area contributed by atoms with Crippen molar-refractivity contribution in [2.24, 2.45) is 0 Å². The van der Waals surface area contributed by atoms with Crippen molar-refractivity contribution in [1.29, 1.82) is 0 Å². The van der Waals surface area contributed by atoms with Crippen LogP contribution in [0.4, 0.5) is 0 Å². The van der Waals surface area contributed by atoms with Crippen LogP contribution < -0.4 is 0 Å². The van der Waals surface area contributed by atoms with Gasteiger partial charge >= 0.3 is 0 Å². The van der Waals surface area contributed by atoms with Gasteiger partial charge in [-0.05, 0) is 25.1 Å². The Morgan fingerprint density at radius 1 is 1.21 bits per heavy atom. The zero-order chi connectivity index (χ0) is 13.7. The molecule has 1 aromatic heterocycles. The predicted octanol–water partition coefficient (Wildman–Crippen LogP) is 2.02. The topological polar surface area (TPSA) is 69.0 Å². The van der Waals surface area contributed by atoms with Crippen LogP contribution in [-0.2, 0) is 0 Å². The number of hydrogen-bond donors (Lipinski definition) is 0. The Hall–Kier alpha value is -2.56. The highest BCUT2D eigenvalue weighted by molar-refractivity contribution is 6.25. The number of rotatable bonds is 0. The molecule has 0 radical (unpaired) electrons. The summed E-state index contributed by atoms with van der Waals surface area (Å²) in [4.78, 5) is 35.4. The van der Waals surface area contributed by atoms with E-state index in [1.807, 2.05) is 0 Å². The summed E-state index contributed by atoms with van der Waals surface area (Å²) in [7, 11) is 0. The van der Waals surface area contributed by atoms with Gasteiger partial charge in [0.25, 0.3) is 0 Å². The number of nitrogens with zero attached hydrogens (tertiary/aromatic N) is 2. The van der Waals surface area contributed by atoms with Crippen LogP contribution >= 0.6 is 0 Å². The summed E-state index contributed by atoms with van der Waals surface area (Å²) in [6.45, 7) is 3.01. The van der Waals surface area contributed by atoms with Crippen LogP contribution in [0.15, 0.2) is 30.0 Å². The minimum atomic E-state index is -0.240. The molecular weight excluding hydrogens is 244 g/mol. The van der Waals surface area contributed by atoms with Crippen molar-refractivity contribution in [2.75, 3.05) is 0 Å². The fourth-order valence-electron chi connectivity index (χ4n) is 2.27. The second-order valence-electron chi connectivity index (χ2n) is 4.55. The van der Waals surface area contributed by atoms with Crippen molar-refractivity contribution in [3.63, 3.8) is 0 Å². The van der Waals surface area contributed by atoms with Crippen LogP contribution in [0, 0.1) is 0 Å². The van der Waals surface area contributed by atoms with Crippen molar-refractivity contribution < 1.29 is 14.4 Å². The zero-order valence-electron chi connectivity index (χ0n) is 10.4. The van der Waals surface area contributed by atoms with E-state index in [1.54, 1.807) is 19.1 Å². The van der Waals surface area contributed by atoms with Crippen LogP contribution in [0.1, 0.15) is 39.4 Å². The summed E-state index contributed by atoms with van der Waals surface area (Å²) in [5, 5.41) is 4.63. The van der Waals surface area contributed by atoms with E-state index in [4.69, 9.17) is 0 Å². The molecule has 94 valence electrons. The molecule has 5 nitrogen and oxygen atoms in total. The number of aromatic nitrogens is 2. The van der Waals surface area contributed by atoms with Gasteiger partial charge in [-0.15, -0.1) is 0 Å². The molecule has 5 heteroatoms. The third kappa shape index (κ3) is 1.55. The third-order valence-electron chi connectivity index (χ3n) is 3.22. The summed E-state index contributed by atoms with van der Waals surface area (Å²) >= 11 is 0. The van der Waals surface area contributed by atoms with Crippen LogP contribution in [0.3, 0.4) is 0 Å². The maximum absolute atomic E-state index is 12.0. The van der Waals surface area contributed by atoms with Crippen molar-refractivity contribution in [2.45, 2.75) is 13.8 Å². The summed E-state index contributed by atoms with van der Waals surface area (Å²) in [5.74, 6) is -0.617. The van der Waals surface area contributed by atoms with E-state index in [2.05, 4.69) is 5.10 Å². The van der Waals surface area contributed by atoms with Gasteiger partial charge in [0.1, 0.15) is 0 Å². The Labute approximate surface area is 108 Å². The monoisotopic (exact) mass is 254 g/mol. The molecular formula is C14H10N2O3. The first-order valence-corrected chi connectivity index (χ1v) is 5.79. The van der Waals surface area contributed by atoms with Crippen molar-refractivity contribution >= 4 is 28.4 Å². The first-order valence-electron chi connectivity index (χ1n) is 5.79. The molecule has 0 amide bonds. The molecule has 0 spiro atoms. The molecule has 1 aliphatic carbocycles. The summed E-state index contributed by atoms with van der Waals surface area (Å²) < 4.78 is 1.22. The molecule has 0 fully saturated rings. The fourth-order valence-corrected chi connectivity index (χ4v) is 2.27. The minimum Gasteiger partial charge on any atom is -0.289 e. The highest BCUT2D eigenvalue weighted by atomic mass is 16.2. The molecule has 1 heterocycles. The lowest BCUT2D eigenvalue weighted by Gasteiger charge is -2.12. The van der Waals surface area contributed by atoms with Crippen LogP contribution in [-0.4, -0.2) is 27.3 Å². The van der Waals surface area contributed by atoms with Gasteiger partial charge in [0.05, 0.1) is 11.7 Å². The van der Waals surface area contributed by atoms with Crippen molar-refractivity contribution in [1.82, 2.24) is 9.78 Å². The number of ketones is 2. The normalized spacial score (nSPS) is 14.5. The Balaban J connectivity index is 2.35. The molecule has 1 aromatic carbocycles. The number of fused-ring (bicyclic) bond motifs is 2. The van der Waals surface area contributed by atoms with Gasteiger partial charge in [0, 0.05) is 29.0 Å². The SMILES string of the molecule is CC(=O)n1ncc2cc3c(cc21)C(=O)C=C(C)C3=O. The van der Waals surface area contributed by atoms with E-state index in [0.717, 1.165) is 0 Å². The summed E-state index contributed by atoms with van der Waals surface area (Å²) in [6.07, 6.45) is 2.84. The standard InChI is InChI=1S/C14H10N2O3/c1-7-3-13(18)10-5-12-9(4-11(10)14(7)19)6-15-16(12)8(2)17/h3-6H,1-2H3. The van der Waals surface area contributed by atoms with Crippen molar-refractivity contribution in [3.05, 3.63) is 41.1 Å². The second kappa shape index (κ2) is 3.71. The van der Waals surface area contributed by atoms with Gasteiger partial charge < -0.3 is 0 Å². The Bertz CT molecular complexity index is 796. The maximum Gasteiger partial charge on any atom is 0.244 e. The first-order chi connectivity index (χ1) is 8.99. The Kier molecular flexibility index (Phi) is 2.25. The molecule has 0 atom stereocenters. The highest BCUT2D eigenvalue weighted by Gasteiger charge is 2.24. The van der Waals surface area contributed by atoms with Gasteiger partial charge in [0.15, 0.2) is 11.6 Å². The minimum absolute atomic E-state index is 0.160. The summed E-state index contributed by atoms with van der Waals surface area (Å²) in [6, 6.07) is 3.18. The molecule has 0 unspecified atom stereocenters. The average molecular weight is 254 g/mol.